The van der Waals surface area contributed by atoms with E-state index in [1.807, 2.05) is 11.6 Å². The first-order chi connectivity index (χ1) is 8.59. The molecule has 2 heterocycles. The van der Waals surface area contributed by atoms with Crippen LogP contribution in [-0.2, 0) is 13.0 Å². The van der Waals surface area contributed by atoms with E-state index < -0.39 is 17.5 Å². The molecule has 1 aromatic heterocycles. The lowest BCUT2D eigenvalue weighted by Gasteiger charge is -2.03. The van der Waals surface area contributed by atoms with Gasteiger partial charge in [-0.05, 0) is 37.5 Å². The minimum absolute atomic E-state index is 0.0216. The molecule has 0 saturated carbocycles. The molecule has 1 aliphatic rings. The number of hydrogen-bond donors (Lipinski definition) is 0. The molecule has 18 heavy (non-hydrogen) atoms. The van der Waals surface area contributed by atoms with Gasteiger partial charge in [-0.25, -0.2) is 13.2 Å². The van der Waals surface area contributed by atoms with Crippen LogP contribution in [0.2, 0.25) is 0 Å². The molecule has 0 aliphatic carbocycles. The van der Waals surface area contributed by atoms with Gasteiger partial charge in [-0.3, -0.25) is 4.68 Å². The van der Waals surface area contributed by atoms with Crippen LogP contribution in [-0.4, -0.2) is 9.78 Å². The molecule has 0 spiro atoms. The Labute approximate surface area is 102 Å². The maximum atomic E-state index is 13.7. The molecule has 1 aliphatic heterocycles. The number of aromatic nitrogens is 2. The molecule has 0 atom stereocenters. The van der Waals surface area contributed by atoms with Crippen LogP contribution in [0.25, 0.3) is 11.3 Å². The van der Waals surface area contributed by atoms with Crippen LogP contribution in [0.15, 0.2) is 12.1 Å². The first-order valence-corrected chi connectivity index (χ1v) is 5.79. The zero-order chi connectivity index (χ0) is 12.9. The zero-order valence-electron chi connectivity index (χ0n) is 9.80. The first-order valence-electron chi connectivity index (χ1n) is 5.79. The average Bonchev–Trinajstić information content (AvgIpc) is 2.91. The summed E-state index contributed by atoms with van der Waals surface area (Å²) in [7, 11) is 0. The second-order valence-electron chi connectivity index (χ2n) is 4.47. The Kier molecular flexibility index (Phi) is 2.43. The van der Waals surface area contributed by atoms with Gasteiger partial charge >= 0.3 is 0 Å². The molecule has 0 radical (unpaired) electrons. The Morgan fingerprint density at radius 3 is 2.67 bits per heavy atom. The van der Waals surface area contributed by atoms with Crippen LogP contribution in [0, 0.1) is 24.4 Å². The topological polar surface area (TPSA) is 17.8 Å². The van der Waals surface area contributed by atoms with Crippen molar-refractivity contribution in [1.82, 2.24) is 9.78 Å². The van der Waals surface area contributed by atoms with Gasteiger partial charge in [-0.1, -0.05) is 0 Å². The van der Waals surface area contributed by atoms with E-state index in [4.69, 9.17) is 0 Å². The normalized spacial score (nSPS) is 14.0. The van der Waals surface area contributed by atoms with Gasteiger partial charge in [0, 0.05) is 17.8 Å². The molecule has 0 fully saturated rings. The van der Waals surface area contributed by atoms with Gasteiger partial charge in [-0.2, -0.15) is 5.10 Å². The number of benzene rings is 1. The third-order valence-corrected chi connectivity index (χ3v) is 3.39. The highest BCUT2D eigenvalue weighted by molar-refractivity contribution is 5.65. The molecule has 94 valence electrons. The van der Waals surface area contributed by atoms with E-state index in [1.165, 1.54) is 6.07 Å². The third kappa shape index (κ3) is 1.46. The zero-order valence-corrected chi connectivity index (χ0v) is 9.80. The average molecular weight is 252 g/mol. The molecule has 0 saturated heterocycles. The van der Waals surface area contributed by atoms with Gasteiger partial charge in [0.15, 0.2) is 17.5 Å². The molecular formula is C13H11F3N2. The molecule has 1 aromatic carbocycles. The lowest BCUT2D eigenvalue weighted by atomic mass is 10.0. The minimum atomic E-state index is -1.44. The first kappa shape index (κ1) is 11.3. The highest BCUT2D eigenvalue weighted by atomic mass is 19.2. The van der Waals surface area contributed by atoms with Gasteiger partial charge in [0.1, 0.15) is 0 Å². The maximum absolute atomic E-state index is 13.7. The van der Waals surface area contributed by atoms with Crippen LogP contribution < -0.4 is 0 Å². The highest BCUT2D eigenvalue weighted by Crippen LogP contribution is 2.31. The van der Waals surface area contributed by atoms with E-state index in [-0.39, 0.29) is 5.56 Å². The summed E-state index contributed by atoms with van der Waals surface area (Å²) in [5, 5.41) is 4.28. The molecule has 2 aromatic rings. The van der Waals surface area contributed by atoms with E-state index in [1.54, 1.807) is 0 Å². The lowest BCUT2D eigenvalue weighted by Crippen LogP contribution is -1.97. The molecule has 0 amide bonds. The van der Waals surface area contributed by atoms with Crippen LogP contribution >= 0.6 is 0 Å². The number of fused-ring (bicyclic) bond motifs is 1. The minimum Gasteiger partial charge on any atom is -0.269 e. The van der Waals surface area contributed by atoms with Crippen LogP contribution in [0.3, 0.4) is 0 Å². The van der Waals surface area contributed by atoms with Crippen molar-refractivity contribution in [2.24, 2.45) is 0 Å². The number of nitrogens with zero attached hydrogens (tertiary/aromatic N) is 2. The molecule has 3 rings (SSSR count). The number of aryl methyl sites for hydroxylation is 1. The quantitative estimate of drug-likeness (QED) is 0.712. The Balaban J connectivity index is 2.19. The fourth-order valence-corrected chi connectivity index (χ4v) is 2.45. The van der Waals surface area contributed by atoms with Gasteiger partial charge in [-0.15, -0.1) is 0 Å². The van der Waals surface area contributed by atoms with E-state index in [0.717, 1.165) is 36.7 Å². The monoisotopic (exact) mass is 252 g/mol. The van der Waals surface area contributed by atoms with Gasteiger partial charge < -0.3 is 0 Å². The Morgan fingerprint density at radius 2 is 1.94 bits per heavy atom. The third-order valence-electron chi connectivity index (χ3n) is 3.39. The molecular weight excluding hydrogens is 241 g/mol. The molecule has 5 heteroatoms. The molecule has 0 unspecified atom stereocenters. The van der Waals surface area contributed by atoms with Crippen molar-refractivity contribution in [2.75, 3.05) is 0 Å². The van der Waals surface area contributed by atoms with Gasteiger partial charge in [0.05, 0.1) is 5.69 Å². The summed E-state index contributed by atoms with van der Waals surface area (Å²) >= 11 is 0. The Morgan fingerprint density at radius 1 is 1.17 bits per heavy atom. The second-order valence-corrected chi connectivity index (χ2v) is 4.47. The summed E-state index contributed by atoms with van der Waals surface area (Å²) in [5.41, 5.74) is 2.32. The SMILES string of the molecule is Cc1c(-c2ccc(F)c(F)c2F)nn2c1CCC2. The smallest absolute Gasteiger partial charge is 0.195 e. The predicted octanol–water partition coefficient (Wildman–Crippen LogP) is 3.22. The van der Waals surface area contributed by atoms with E-state index >= 15 is 0 Å². The summed E-state index contributed by atoms with van der Waals surface area (Å²) in [6.07, 6.45) is 1.91. The number of halogens is 3. The van der Waals surface area contributed by atoms with Crippen molar-refractivity contribution in [3.63, 3.8) is 0 Å². The Hall–Kier alpha value is -1.78. The van der Waals surface area contributed by atoms with Crippen molar-refractivity contribution in [2.45, 2.75) is 26.3 Å². The second kappa shape index (κ2) is 3.86. The van der Waals surface area contributed by atoms with Gasteiger partial charge in [0.25, 0.3) is 0 Å². The van der Waals surface area contributed by atoms with E-state index in [9.17, 15) is 13.2 Å². The van der Waals surface area contributed by atoms with Gasteiger partial charge in [0.2, 0.25) is 0 Å². The number of hydrogen-bond acceptors (Lipinski definition) is 1. The van der Waals surface area contributed by atoms with E-state index in [0.29, 0.717) is 5.69 Å². The largest absolute Gasteiger partial charge is 0.269 e. The van der Waals surface area contributed by atoms with Crippen molar-refractivity contribution in [3.8, 4) is 11.3 Å². The van der Waals surface area contributed by atoms with E-state index in [2.05, 4.69) is 5.10 Å². The summed E-state index contributed by atoms with van der Waals surface area (Å²) in [6, 6.07) is 2.16. The fraction of sp³-hybridized carbons (Fsp3) is 0.308. The van der Waals surface area contributed by atoms with Crippen LogP contribution in [0.1, 0.15) is 17.7 Å². The Bertz CT molecular complexity index is 632. The van der Waals surface area contributed by atoms with Crippen molar-refractivity contribution in [3.05, 3.63) is 40.8 Å². The molecule has 0 bridgehead atoms. The predicted molar refractivity (Wildman–Crippen MR) is 60.6 cm³/mol. The standard InChI is InChI=1S/C13H11F3N2/c1-7-10-3-2-6-18(10)17-13(7)8-4-5-9(14)12(16)11(8)15/h4-5H,2-3,6H2,1H3. The highest BCUT2D eigenvalue weighted by Gasteiger charge is 2.23. The fourth-order valence-electron chi connectivity index (χ4n) is 2.45. The van der Waals surface area contributed by atoms with Crippen LogP contribution in [0.4, 0.5) is 13.2 Å². The van der Waals surface area contributed by atoms with Crippen LogP contribution in [0.5, 0.6) is 0 Å². The van der Waals surface area contributed by atoms with Crippen molar-refractivity contribution < 1.29 is 13.2 Å². The van der Waals surface area contributed by atoms with Crippen molar-refractivity contribution >= 4 is 0 Å². The summed E-state index contributed by atoms with van der Waals surface area (Å²) in [6.45, 7) is 2.63. The summed E-state index contributed by atoms with van der Waals surface area (Å²) < 4.78 is 41.7. The molecule has 2 nitrogen and oxygen atoms in total. The summed E-state index contributed by atoms with van der Waals surface area (Å²) in [4.78, 5) is 0. The van der Waals surface area contributed by atoms with Crippen molar-refractivity contribution in [1.29, 1.82) is 0 Å². The lowest BCUT2D eigenvalue weighted by molar-refractivity contribution is 0.448. The maximum Gasteiger partial charge on any atom is 0.195 e. The molecule has 0 N–H and O–H groups in total. The number of rotatable bonds is 1. The summed E-state index contributed by atoms with van der Waals surface area (Å²) in [5.74, 6) is -3.80.